The van der Waals surface area contributed by atoms with Gasteiger partial charge in [0.1, 0.15) is 11.6 Å². The van der Waals surface area contributed by atoms with E-state index in [1.807, 2.05) is 61.3 Å². The minimum atomic E-state index is 0.0510. The Bertz CT molecular complexity index is 1000. The molecule has 0 unspecified atom stereocenters. The van der Waals surface area contributed by atoms with Crippen molar-refractivity contribution < 1.29 is 9.90 Å². The van der Waals surface area contributed by atoms with Crippen LogP contribution in [0.2, 0.25) is 0 Å². The summed E-state index contributed by atoms with van der Waals surface area (Å²) >= 11 is 0. The van der Waals surface area contributed by atoms with Gasteiger partial charge in [0.15, 0.2) is 5.82 Å². The second-order valence-corrected chi connectivity index (χ2v) is 7.35. The zero-order valence-electron chi connectivity index (χ0n) is 16.2. The Morgan fingerprint density at radius 3 is 2.54 bits per heavy atom. The lowest BCUT2D eigenvalue weighted by Crippen LogP contribution is -2.37. The van der Waals surface area contributed by atoms with E-state index in [1.54, 1.807) is 10.7 Å². The van der Waals surface area contributed by atoms with Gasteiger partial charge in [0.05, 0.1) is 0 Å². The van der Waals surface area contributed by atoms with E-state index in [0.717, 1.165) is 29.8 Å². The summed E-state index contributed by atoms with van der Waals surface area (Å²) in [6.45, 7) is 3.29. The quantitative estimate of drug-likeness (QED) is 0.759. The normalized spacial score (nSPS) is 15.0. The van der Waals surface area contributed by atoms with Gasteiger partial charge >= 0.3 is 0 Å². The van der Waals surface area contributed by atoms with Gasteiger partial charge in [-0.25, -0.2) is 9.67 Å². The summed E-state index contributed by atoms with van der Waals surface area (Å²) in [7, 11) is 1.86. The van der Waals surface area contributed by atoms with Gasteiger partial charge in [0, 0.05) is 31.3 Å². The van der Waals surface area contributed by atoms with Crippen LogP contribution in [0.25, 0.3) is 11.4 Å². The van der Waals surface area contributed by atoms with Crippen LogP contribution in [0.5, 0.6) is 5.75 Å². The number of hydrogen-bond donors (Lipinski definition) is 1. The largest absolute Gasteiger partial charge is 0.508 e. The highest BCUT2D eigenvalue weighted by Gasteiger charge is 2.25. The molecule has 4 rings (SSSR count). The second-order valence-electron chi connectivity index (χ2n) is 7.35. The Morgan fingerprint density at radius 2 is 1.86 bits per heavy atom. The molecule has 1 fully saturated rings. The lowest BCUT2D eigenvalue weighted by Gasteiger charge is -2.32. The number of likely N-dealkylation sites (tertiary alicyclic amines) is 1. The summed E-state index contributed by atoms with van der Waals surface area (Å²) in [5, 5.41) is 14.0. The van der Waals surface area contributed by atoms with Crippen LogP contribution in [0.15, 0.2) is 48.5 Å². The van der Waals surface area contributed by atoms with Crippen LogP contribution in [0.4, 0.5) is 0 Å². The minimum Gasteiger partial charge on any atom is -0.508 e. The predicted octanol–water partition coefficient (Wildman–Crippen LogP) is 3.52. The molecule has 1 aliphatic heterocycles. The van der Waals surface area contributed by atoms with Crippen molar-refractivity contribution in [2.24, 2.45) is 7.05 Å². The monoisotopic (exact) mass is 376 g/mol. The number of piperidine rings is 1. The number of phenols is 1. The third kappa shape index (κ3) is 3.63. The van der Waals surface area contributed by atoms with E-state index in [0.29, 0.717) is 36.1 Å². The molecule has 3 aromatic rings. The van der Waals surface area contributed by atoms with Crippen molar-refractivity contribution in [3.05, 3.63) is 65.5 Å². The van der Waals surface area contributed by atoms with Crippen molar-refractivity contribution in [2.45, 2.75) is 25.7 Å². The molecule has 2 heterocycles. The average Bonchev–Trinajstić information content (AvgIpc) is 3.06. The maximum Gasteiger partial charge on any atom is 0.253 e. The Morgan fingerprint density at radius 1 is 1.11 bits per heavy atom. The molecule has 28 heavy (non-hydrogen) atoms. The highest BCUT2D eigenvalue weighted by atomic mass is 16.3. The van der Waals surface area contributed by atoms with Gasteiger partial charge in [-0.05, 0) is 55.5 Å². The molecule has 2 aromatic carbocycles. The average molecular weight is 376 g/mol. The summed E-state index contributed by atoms with van der Waals surface area (Å²) in [5.41, 5.74) is 2.71. The first-order valence-corrected chi connectivity index (χ1v) is 9.57. The second kappa shape index (κ2) is 7.46. The molecular weight excluding hydrogens is 352 g/mol. The number of aromatic hydroxyl groups is 1. The summed E-state index contributed by atoms with van der Waals surface area (Å²) < 4.78 is 1.74. The molecule has 0 radical (unpaired) electrons. The van der Waals surface area contributed by atoms with Gasteiger partial charge in [0.25, 0.3) is 5.91 Å². The van der Waals surface area contributed by atoms with E-state index < -0.39 is 0 Å². The molecule has 1 N–H and O–H groups in total. The number of benzene rings is 2. The molecule has 0 bridgehead atoms. The van der Waals surface area contributed by atoms with Crippen LogP contribution >= 0.6 is 0 Å². The topological polar surface area (TPSA) is 71.2 Å². The highest BCUT2D eigenvalue weighted by Crippen LogP contribution is 2.30. The van der Waals surface area contributed by atoms with Crippen LogP contribution in [0.1, 0.15) is 40.5 Å². The smallest absolute Gasteiger partial charge is 0.253 e. The molecule has 0 atom stereocenters. The molecule has 1 aromatic heterocycles. The fourth-order valence-electron chi connectivity index (χ4n) is 3.93. The maximum atomic E-state index is 13.0. The molecule has 1 aliphatic rings. The molecule has 144 valence electrons. The van der Waals surface area contributed by atoms with Crippen molar-refractivity contribution in [3.63, 3.8) is 0 Å². The van der Waals surface area contributed by atoms with Gasteiger partial charge in [-0.3, -0.25) is 4.79 Å². The fourth-order valence-corrected chi connectivity index (χ4v) is 3.93. The Labute approximate surface area is 164 Å². The number of nitrogens with zero attached hydrogens (tertiary/aromatic N) is 4. The summed E-state index contributed by atoms with van der Waals surface area (Å²) in [4.78, 5) is 19.4. The van der Waals surface area contributed by atoms with Crippen molar-refractivity contribution in [1.29, 1.82) is 0 Å². The third-order valence-corrected chi connectivity index (χ3v) is 5.36. The summed E-state index contributed by atoms with van der Waals surface area (Å²) in [6, 6.07) is 15.0. The van der Waals surface area contributed by atoms with Crippen molar-refractivity contribution in [2.75, 3.05) is 13.1 Å². The highest BCUT2D eigenvalue weighted by molar-refractivity contribution is 5.95. The van der Waals surface area contributed by atoms with Crippen LogP contribution in [-0.4, -0.2) is 43.8 Å². The van der Waals surface area contributed by atoms with Crippen LogP contribution in [0.3, 0.4) is 0 Å². The molecular formula is C22H24N4O2. The zero-order chi connectivity index (χ0) is 19.7. The molecule has 6 heteroatoms. The van der Waals surface area contributed by atoms with Gasteiger partial charge < -0.3 is 10.0 Å². The number of phenolic OH excluding ortho intramolecular Hbond substituents is 1. The molecule has 0 aliphatic carbocycles. The van der Waals surface area contributed by atoms with E-state index in [4.69, 9.17) is 0 Å². The SMILES string of the molecule is Cc1nc(-c2cccc(C(=O)N3CCC(c4cccc(O)c4)CC3)c2)n(C)n1. The van der Waals surface area contributed by atoms with E-state index in [1.165, 1.54) is 0 Å². The molecule has 1 saturated heterocycles. The van der Waals surface area contributed by atoms with Crippen LogP contribution in [0, 0.1) is 6.92 Å². The first-order chi connectivity index (χ1) is 13.5. The number of aromatic nitrogens is 3. The molecule has 0 saturated carbocycles. The fraction of sp³-hybridized carbons (Fsp3) is 0.318. The first kappa shape index (κ1) is 18.2. The van der Waals surface area contributed by atoms with Gasteiger partial charge in [-0.1, -0.05) is 24.3 Å². The first-order valence-electron chi connectivity index (χ1n) is 9.57. The van der Waals surface area contributed by atoms with Crippen molar-refractivity contribution in [3.8, 4) is 17.1 Å². The predicted molar refractivity (Wildman–Crippen MR) is 107 cm³/mol. The minimum absolute atomic E-state index is 0.0510. The number of amides is 1. The Balaban J connectivity index is 1.47. The van der Waals surface area contributed by atoms with E-state index in [-0.39, 0.29) is 5.91 Å². The molecule has 6 nitrogen and oxygen atoms in total. The Hall–Kier alpha value is -3.15. The van der Waals surface area contributed by atoms with Crippen molar-refractivity contribution >= 4 is 5.91 Å². The van der Waals surface area contributed by atoms with Crippen molar-refractivity contribution in [1.82, 2.24) is 19.7 Å². The molecule has 1 amide bonds. The van der Waals surface area contributed by atoms with Gasteiger partial charge in [0.2, 0.25) is 0 Å². The van der Waals surface area contributed by atoms with Crippen LogP contribution < -0.4 is 0 Å². The lowest BCUT2D eigenvalue weighted by molar-refractivity contribution is 0.0713. The number of hydrogen-bond acceptors (Lipinski definition) is 4. The van der Waals surface area contributed by atoms with E-state index in [9.17, 15) is 9.90 Å². The van der Waals surface area contributed by atoms with Gasteiger partial charge in [-0.2, -0.15) is 5.10 Å². The number of carbonyl (C=O) groups is 1. The van der Waals surface area contributed by atoms with E-state index >= 15 is 0 Å². The van der Waals surface area contributed by atoms with Crippen LogP contribution in [-0.2, 0) is 7.05 Å². The number of carbonyl (C=O) groups excluding carboxylic acids is 1. The molecule has 0 spiro atoms. The summed E-state index contributed by atoms with van der Waals surface area (Å²) in [6.07, 6.45) is 1.80. The third-order valence-electron chi connectivity index (χ3n) is 5.36. The lowest BCUT2D eigenvalue weighted by atomic mass is 9.89. The maximum absolute atomic E-state index is 13.0. The summed E-state index contributed by atoms with van der Waals surface area (Å²) in [5.74, 6) is 2.20. The van der Waals surface area contributed by atoms with E-state index in [2.05, 4.69) is 10.1 Å². The Kier molecular flexibility index (Phi) is 4.86. The standard InChI is InChI=1S/C22H24N4O2/c1-15-23-21(25(2)24-15)18-6-3-7-19(13-18)22(28)26-11-9-16(10-12-26)17-5-4-8-20(27)14-17/h3-8,13-14,16,27H,9-12H2,1-2H3. The van der Waals surface area contributed by atoms with Gasteiger partial charge in [-0.15, -0.1) is 0 Å². The zero-order valence-corrected chi connectivity index (χ0v) is 16.2. The number of aryl methyl sites for hydroxylation is 2. The number of rotatable bonds is 3.